The second kappa shape index (κ2) is 8.82. The molecule has 0 spiro atoms. The van der Waals surface area contributed by atoms with Crippen LogP contribution in [0.25, 0.3) is 0 Å². The van der Waals surface area contributed by atoms with Crippen LogP contribution in [0.2, 0.25) is 0 Å². The first kappa shape index (κ1) is 19.7. The maximum Gasteiger partial charge on any atom is 0.274 e. The van der Waals surface area contributed by atoms with E-state index in [2.05, 4.69) is 24.0 Å². The standard InChI is InChI=1S/C23H30N4O2/c1-3-11-27-21-10-9-18(24-16-17-7-6-8-19(14-17)29-2)15-20(21)22(25-27)23(28)26-12-4-5-13-26/h3,6-8,14,18,24H,1,4-5,9-13,15-16H2,2H3/t18-/m1/s1. The summed E-state index contributed by atoms with van der Waals surface area (Å²) in [6.07, 6.45) is 6.84. The number of nitrogens with one attached hydrogen (secondary N) is 1. The van der Waals surface area contributed by atoms with Gasteiger partial charge in [0, 0.05) is 36.9 Å². The number of nitrogens with zero attached hydrogens (tertiary/aromatic N) is 3. The number of methoxy groups -OCH3 is 1. The molecule has 0 radical (unpaired) electrons. The maximum absolute atomic E-state index is 13.1. The molecule has 6 heteroatoms. The second-order valence-electron chi connectivity index (χ2n) is 7.92. The number of aromatic nitrogens is 2. The van der Waals surface area contributed by atoms with E-state index in [4.69, 9.17) is 9.84 Å². The molecule has 0 bridgehead atoms. The summed E-state index contributed by atoms with van der Waals surface area (Å²) in [6.45, 7) is 6.98. The molecule has 2 heterocycles. The molecule has 1 N–H and O–H groups in total. The fraction of sp³-hybridized carbons (Fsp3) is 0.478. The molecule has 1 aliphatic heterocycles. The van der Waals surface area contributed by atoms with Crippen molar-refractivity contribution in [2.24, 2.45) is 0 Å². The molecule has 1 fully saturated rings. The number of carbonyl (C=O) groups is 1. The van der Waals surface area contributed by atoms with Gasteiger partial charge in [-0.1, -0.05) is 18.2 Å². The van der Waals surface area contributed by atoms with Crippen LogP contribution < -0.4 is 10.1 Å². The van der Waals surface area contributed by atoms with Crippen molar-refractivity contribution in [3.8, 4) is 5.75 Å². The lowest BCUT2D eigenvalue weighted by Gasteiger charge is -2.25. The molecule has 29 heavy (non-hydrogen) atoms. The van der Waals surface area contributed by atoms with Crippen LogP contribution in [0.4, 0.5) is 0 Å². The molecule has 1 aromatic heterocycles. The molecule has 1 atom stereocenters. The van der Waals surface area contributed by atoms with E-state index in [0.29, 0.717) is 18.3 Å². The molecule has 1 amide bonds. The quantitative estimate of drug-likeness (QED) is 0.734. The van der Waals surface area contributed by atoms with Crippen LogP contribution in [0, 0.1) is 0 Å². The van der Waals surface area contributed by atoms with Crippen molar-refractivity contribution >= 4 is 5.91 Å². The van der Waals surface area contributed by atoms with Gasteiger partial charge in [0.05, 0.1) is 13.7 Å². The number of amides is 1. The summed E-state index contributed by atoms with van der Waals surface area (Å²) < 4.78 is 7.30. The van der Waals surface area contributed by atoms with E-state index < -0.39 is 0 Å². The topological polar surface area (TPSA) is 59.4 Å². The van der Waals surface area contributed by atoms with Crippen LogP contribution in [0.3, 0.4) is 0 Å². The number of carbonyl (C=O) groups excluding carboxylic acids is 1. The summed E-state index contributed by atoms with van der Waals surface area (Å²) in [6, 6.07) is 8.47. The maximum atomic E-state index is 13.1. The highest BCUT2D eigenvalue weighted by Crippen LogP contribution is 2.27. The van der Waals surface area contributed by atoms with E-state index >= 15 is 0 Å². The zero-order valence-corrected chi connectivity index (χ0v) is 17.2. The fourth-order valence-electron chi connectivity index (χ4n) is 4.42. The van der Waals surface area contributed by atoms with Crippen molar-refractivity contribution in [1.29, 1.82) is 0 Å². The number of fused-ring (bicyclic) bond motifs is 1. The van der Waals surface area contributed by atoms with E-state index in [9.17, 15) is 4.79 Å². The lowest BCUT2D eigenvalue weighted by molar-refractivity contribution is 0.0785. The summed E-state index contributed by atoms with van der Waals surface area (Å²) in [5.74, 6) is 0.967. The van der Waals surface area contributed by atoms with Crippen LogP contribution in [0.5, 0.6) is 5.75 Å². The Morgan fingerprint density at radius 3 is 2.97 bits per heavy atom. The van der Waals surface area contributed by atoms with Crippen LogP contribution in [0.1, 0.15) is 46.6 Å². The molecule has 1 saturated heterocycles. The third kappa shape index (κ3) is 4.22. The first-order valence-electron chi connectivity index (χ1n) is 10.5. The summed E-state index contributed by atoms with van der Waals surface area (Å²) in [7, 11) is 1.69. The molecule has 6 nitrogen and oxygen atoms in total. The van der Waals surface area contributed by atoms with Gasteiger partial charge < -0.3 is 15.0 Å². The van der Waals surface area contributed by atoms with Crippen LogP contribution in [-0.2, 0) is 25.9 Å². The smallest absolute Gasteiger partial charge is 0.274 e. The molecule has 1 aliphatic carbocycles. The van der Waals surface area contributed by atoms with E-state index in [1.807, 2.05) is 27.8 Å². The Kier molecular flexibility index (Phi) is 6.00. The average molecular weight is 395 g/mol. The molecule has 154 valence electrons. The van der Waals surface area contributed by atoms with E-state index in [0.717, 1.165) is 63.1 Å². The SMILES string of the molecule is C=CCn1nc(C(=O)N2CCCC2)c2c1CC[C@@H](NCc1cccc(OC)c1)C2. The van der Waals surface area contributed by atoms with Crippen molar-refractivity contribution in [2.45, 2.75) is 51.2 Å². The average Bonchev–Trinajstić information content (AvgIpc) is 3.41. The molecule has 0 saturated carbocycles. The molecule has 2 aliphatic rings. The molecule has 2 aromatic rings. The predicted molar refractivity (Wildman–Crippen MR) is 113 cm³/mol. The monoisotopic (exact) mass is 394 g/mol. The van der Waals surface area contributed by atoms with Gasteiger partial charge >= 0.3 is 0 Å². The lowest BCUT2D eigenvalue weighted by atomic mass is 9.91. The molecular weight excluding hydrogens is 364 g/mol. The second-order valence-corrected chi connectivity index (χ2v) is 7.92. The number of hydrogen-bond donors (Lipinski definition) is 1. The Bertz CT molecular complexity index is 883. The van der Waals surface area contributed by atoms with Gasteiger partial charge in [0.1, 0.15) is 5.75 Å². The highest BCUT2D eigenvalue weighted by atomic mass is 16.5. The Morgan fingerprint density at radius 1 is 1.38 bits per heavy atom. The van der Waals surface area contributed by atoms with Gasteiger partial charge in [-0.25, -0.2) is 0 Å². The van der Waals surface area contributed by atoms with Crippen molar-refractivity contribution in [3.05, 3.63) is 59.4 Å². The fourth-order valence-corrected chi connectivity index (χ4v) is 4.42. The zero-order chi connectivity index (χ0) is 20.2. The zero-order valence-electron chi connectivity index (χ0n) is 17.2. The highest BCUT2D eigenvalue weighted by molar-refractivity contribution is 5.94. The minimum atomic E-state index is 0.0926. The first-order chi connectivity index (χ1) is 14.2. The van der Waals surface area contributed by atoms with Crippen molar-refractivity contribution < 1.29 is 9.53 Å². The Labute approximate surface area is 172 Å². The highest BCUT2D eigenvalue weighted by Gasteiger charge is 2.31. The molecule has 4 rings (SSSR count). The number of rotatable bonds is 7. The third-order valence-electron chi connectivity index (χ3n) is 5.97. The summed E-state index contributed by atoms with van der Waals surface area (Å²) >= 11 is 0. The number of ether oxygens (including phenoxy) is 1. The van der Waals surface area contributed by atoms with Crippen molar-refractivity contribution in [1.82, 2.24) is 20.0 Å². The van der Waals surface area contributed by atoms with Crippen molar-refractivity contribution in [3.63, 3.8) is 0 Å². The van der Waals surface area contributed by atoms with Gasteiger partial charge in [-0.3, -0.25) is 9.48 Å². The van der Waals surface area contributed by atoms with Crippen LogP contribution in [-0.4, -0.2) is 46.8 Å². The summed E-state index contributed by atoms with van der Waals surface area (Å²) in [4.78, 5) is 15.0. The van der Waals surface area contributed by atoms with Gasteiger partial charge in [0.15, 0.2) is 5.69 Å². The Morgan fingerprint density at radius 2 is 2.21 bits per heavy atom. The van der Waals surface area contributed by atoms with Crippen LogP contribution in [0.15, 0.2) is 36.9 Å². The lowest BCUT2D eigenvalue weighted by Crippen LogP contribution is -2.35. The third-order valence-corrected chi connectivity index (χ3v) is 5.97. The molecular formula is C23H30N4O2. The summed E-state index contributed by atoms with van der Waals surface area (Å²) in [5, 5.41) is 8.38. The number of likely N-dealkylation sites (tertiary alicyclic amines) is 1. The Hall–Kier alpha value is -2.60. The first-order valence-corrected chi connectivity index (χ1v) is 10.5. The minimum absolute atomic E-state index is 0.0926. The van der Waals surface area contributed by atoms with E-state index in [-0.39, 0.29) is 5.91 Å². The molecule has 1 aromatic carbocycles. The minimum Gasteiger partial charge on any atom is -0.497 e. The van der Waals surface area contributed by atoms with E-state index in [1.165, 1.54) is 11.3 Å². The normalized spacial score (nSPS) is 18.5. The Balaban J connectivity index is 1.50. The summed E-state index contributed by atoms with van der Waals surface area (Å²) in [5.41, 5.74) is 4.17. The van der Waals surface area contributed by atoms with Crippen LogP contribution >= 0.6 is 0 Å². The van der Waals surface area contributed by atoms with E-state index in [1.54, 1.807) is 7.11 Å². The number of allylic oxidation sites excluding steroid dienone is 1. The number of benzene rings is 1. The van der Waals surface area contributed by atoms with Gasteiger partial charge in [-0.15, -0.1) is 6.58 Å². The van der Waals surface area contributed by atoms with Gasteiger partial charge in [-0.2, -0.15) is 5.10 Å². The van der Waals surface area contributed by atoms with Crippen molar-refractivity contribution in [2.75, 3.05) is 20.2 Å². The van der Waals surface area contributed by atoms with Gasteiger partial charge in [0.25, 0.3) is 5.91 Å². The molecule has 0 unspecified atom stereocenters. The predicted octanol–water partition coefficient (Wildman–Crippen LogP) is 2.96. The van der Waals surface area contributed by atoms with Gasteiger partial charge in [-0.05, 0) is 49.8 Å². The van der Waals surface area contributed by atoms with Gasteiger partial charge in [0.2, 0.25) is 0 Å². The number of hydrogen-bond acceptors (Lipinski definition) is 4. The largest absolute Gasteiger partial charge is 0.497 e.